The van der Waals surface area contributed by atoms with Gasteiger partial charge in [0.1, 0.15) is 0 Å². The molecule has 2 aromatic rings. The van der Waals surface area contributed by atoms with Gasteiger partial charge in [0.2, 0.25) is 0 Å². The minimum absolute atomic E-state index is 0.943. The lowest BCUT2D eigenvalue weighted by Crippen LogP contribution is -1.84. The molecule has 12 heavy (non-hydrogen) atoms. The summed E-state index contributed by atoms with van der Waals surface area (Å²) < 4.78 is 0. The molecule has 0 saturated heterocycles. The molecule has 0 aliphatic carbocycles. The SMILES string of the molecule is CNc1nc(-c2cncs2)cs1. The van der Waals surface area contributed by atoms with Gasteiger partial charge in [-0.1, -0.05) is 0 Å². The highest BCUT2D eigenvalue weighted by Crippen LogP contribution is 2.26. The first-order valence-electron chi connectivity index (χ1n) is 3.42. The van der Waals surface area contributed by atoms with E-state index in [-0.39, 0.29) is 0 Å². The third-order valence-corrected chi connectivity index (χ3v) is 3.06. The van der Waals surface area contributed by atoms with Crippen LogP contribution in [-0.2, 0) is 0 Å². The summed E-state index contributed by atoms with van der Waals surface area (Å²) in [6.45, 7) is 0. The molecule has 5 heteroatoms. The topological polar surface area (TPSA) is 37.8 Å². The maximum atomic E-state index is 4.35. The zero-order chi connectivity index (χ0) is 8.39. The van der Waals surface area contributed by atoms with Crippen LogP contribution in [0.2, 0.25) is 0 Å². The molecule has 0 atom stereocenters. The molecule has 1 N–H and O–H groups in total. The predicted octanol–water partition coefficient (Wildman–Crippen LogP) is 2.31. The number of hydrogen-bond donors (Lipinski definition) is 1. The quantitative estimate of drug-likeness (QED) is 0.802. The van der Waals surface area contributed by atoms with Crippen molar-refractivity contribution in [2.75, 3.05) is 12.4 Å². The van der Waals surface area contributed by atoms with Gasteiger partial charge >= 0.3 is 0 Å². The van der Waals surface area contributed by atoms with Gasteiger partial charge in [0, 0.05) is 18.6 Å². The molecule has 0 bridgehead atoms. The molecule has 62 valence electrons. The zero-order valence-corrected chi connectivity index (χ0v) is 8.08. The number of nitrogens with zero attached hydrogens (tertiary/aromatic N) is 2. The van der Waals surface area contributed by atoms with Gasteiger partial charge < -0.3 is 5.32 Å². The number of rotatable bonds is 2. The second kappa shape index (κ2) is 3.20. The Kier molecular flexibility index (Phi) is 2.05. The van der Waals surface area contributed by atoms with E-state index in [0.717, 1.165) is 15.7 Å². The highest BCUT2D eigenvalue weighted by Gasteiger charge is 2.03. The molecule has 0 spiro atoms. The van der Waals surface area contributed by atoms with Gasteiger partial charge in [-0.25, -0.2) is 4.98 Å². The van der Waals surface area contributed by atoms with Crippen LogP contribution in [0.5, 0.6) is 0 Å². The van der Waals surface area contributed by atoms with Crippen molar-refractivity contribution in [2.24, 2.45) is 0 Å². The van der Waals surface area contributed by atoms with Crippen LogP contribution < -0.4 is 5.32 Å². The lowest BCUT2D eigenvalue weighted by atomic mass is 10.4. The van der Waals surface area contributed by atoms with Crippen molar-refractivity contribution in [3.05, 3.63) is 17.1 Å². The molecule has 0 saturated carbocycles. The van der Waals surface area contributed by atoms with Crippen LogP contribution in [0.3, 0.4) is 0 Å². The first-order valence-corrected chi connectivity index (χ1v) is 5.18. The van der Waals surface area contributed by atoms with Gasteiger partial charge in [0.05, 0.1) is 16.1 Å². The number of aromatic nitrogens is 2. The minimum atomic E-state index is 0.943. The van der Waals surface area contributed by atoms with E-state index in [2.05, 4.69) is 15.3 Å². The zero-order valence-electron chi connectivity index (χ0n) is 6.44. The van der Waals surface area contributed by atoms with Crippen molar-refractivity contribution in [1.29, 1.82) is 0 Å². The first kappa shape index (κ1) is 7.70. The minimum Gasteiger partial charge on any atom is -0.365 e. The predicted molar refractivity (Wildman–Crippen MR) is 52.8 cm³/mol. The van der Waals surface area contributed by atoms with Crippen LogP contribution in [0.15, 0.2) is 17.1 Å². The Morgan fingerprint density at radius 1 is 1.42 bits per heavy atom. The van der Waals surface area contributed by atoms with Crippen LogP contribution >= 0.6 is 22.7 Å². The van der Waals surface area contributed by atoms with Gasteiger partial charge in [-0.15, -0.1) is 22.7 Å². The fraction of sp³-hybridized carbons (Fsp3) is 0.143. The lowest BCUT2D eigenvalue weighted by molar-refractivity contribution is 1.36. The van der Waals surface area contributed by atoms with Crippen molar-refractivity contribution in [3.8, 4) is 10.6 Å². The van der Waals surface area contributed by atoms with Crippen LogP contribution in [0.25, 0.3) is 10.6 Å². The van der Waals surface area contributed by atoms with Crippen LogP contribution in [0.4, 0.5) is 5.13 Å². The maximum absolute atomic E-state index is 4.35. The second-order valence-electron chi connectivity index (χ2n) is 2.15. The lowest BCUT2D eigenvalue weighted by Gasteiger charge is -1.88. The van der Waals surface area contributed by atoms with E-state index in [1.54, 1.807) is 22.7 Å². The van der Waals surface area contributed by atoms with Crippen molar-refractivity contribution in [2.45, 2.75) is 0 Å². The fourth-order valence-electron chi connectivity index (χ4n) is 0.844. The Morgan fingerprint density at radius 3 is 2.92 bits per heavy atom. The molecule has 0 unspecified atom stereocenters. The highest BCUT2D eigenvalue weighted by atomic mass is 32.1. The second-order valence-corrected chi connectivity index (χ2v) is 3.90. The van der Waals surface area contributed by atoms with E-state index in [4.69, 9.17) is 0 Å². The third kappa shape index (κ3) is 1.33. The first-order chi connectivity index (χ1) is 5.90. The average Bonchev–Trinajstić information content (AvgIpc) is 2.75. The summed E-state index contributed by atoms with van der Waals surface area (Å²) in [5, 5.41) is 5.97. The summed E-state index contributed by atoms with van der Waals surface area (Å²) in [5.74, 6) is 0. The molecule has 0 radical (unpaired) electrons. The van der Waals surface area contributed by atoms with E-state index in [1.807, 2.05) is 24.1 Å². The van der Waals surface area contributed by atoms with E-state index >= 15 is 0 Å². The molecule has 0 aromatic carbocycles. The molecule has 0 fully saturated rings. The smallest absolute Gasteiger partial charge is 0.182 e. The van der Waals surface area contributed by atoms with Crippen molar-refractivity contribution in [3.63, 3.8) is 0 Å². The molecule has 3 nitrogen and oxygen atoms in total. The van der Waals surface area contributed by atoms with E-state index in [9.17, 15) is 0 Å². The molecule has 2 heterocycles. The van der Waals surface area contributed by atoms with E-state index < -0.39 is 0 Å². The van der Waals surface area contributed by atoms with Crippen molar-refractivity contribution >= 4 is 27.8 Å². The fourth-order valence-corrected chi connectivity index (χ4v) is 2.17. The molecule has 0 aliphatic heterocycles. The number of hydrogen-bond acceptors (Lipinski definition) is 5. The molecule has 2 aromatic heterocycles. The van der Waals surface area contributed by atoms with E-state index in [1.165, 1.54) is 0 Å². The Labute approximate surface area is 78.1 Å². The monoisotopic (exact) mass is 197 g/mol. The van der Waals surface area contributed by atoms with Gasteiger partial charge in [-0.2, -0.15) is 0 Å². The van der Waals surface area contributed by atoms with Gasteiger partial charge in [-0.3, -0.25) is 4.98 Å². The number of thiazole rings is 2. The highest BCUT2D eigenvalue weighted by molar-refractivity contribution is 7.15. The Bertz CT molecular complexity index is 352. The van der Waals surface area contributed by atoms with Crippen LogP contribution in [-0.4, -0.2) is 17.0 Å². The van der Waals surface area contributed by atoms with Gasteiger partial charge in [0.15, 0.2) is 5.13 Å². The summed E-state index contributed by atoms with van der Waals surface area (Å²) >= 11 is 3.21. The van der Waals surface area contributed by atoms with Gasteiger partial charge in [0.25, 0.3) is 0 Å². The Balaban J connectivity index is 2.35. The Hall–Kier alpha value is -0.940. The maximum Gasteiger partial charge on any atom is 0.182 e. The van der Waals surface area contributed by atoms with Crippen LogP contribution in [0, 0.1) is 0 Å². The van der Waals surface area contributed by atoms with Crippen LogP contribution in [0.1, 0.15) is 0 Å². The standard InChI is InChI=1S/C7H7N3S2/c1-8-7-10-5(3-11-7)6-2-9-4-12-6/h2-4H,1H3,(H,8,10). The largest absolute Gasteiger partial charge is 0.365 e. The average molecular weight is 197 g/mol. The summed E-state index contributed by atoms with van der Waals surface area (Å²) in [4.78, 5) is 9.46. The van der Waals surface area contributed by atoms with E-state index in [0.29, 0.717) is 0 Å². The summed E-state index contributed by atoms with van der Waals surface area (Å²) in [5.41, 5.74) is 2.82. The molecular formula is C7H7N3S2. The van der Waals surface area contributed by atoms with Gasteiger partial charge in [-0.05, 0) is 0 Å². The molecule has 2 rings (SSSR count). The Morgan fingerprint density at radius 2 is 2.33 bits per heavy atom. The molecule has 0 amide bonds. The third-order valence-electron chi connectivity index (χ3n) is 1.40. The molecule has 0 aliphatic rings. The number of nitrogens with one attached hydrogen (secondary N) is 1. The summed E-state index contributed by atoms with van der Waals surface area (Å²) in [6.07, 6.45) is 1.83. The molecular weight excluding hydrogens is 190 g/mol. The van der Waals surface area contributed by atoms with Crippen molar-refractivity contribution in [1.82, 2.24) is 9.97 Å². The van der Waals surface area contributed by atoms with Crippen molar-refractivity contribution < 1.29 is 0 Å². The summed E-state index contributed by atoms with van der Waals surface area (Å²) in [6, 6.07) is 0. The summed E-state index contributed by atoms with van der Waals surface area (Å²) in [7, 11) is 1.87. The number of anilines is 1. The normalized spacial score (nSPS) is 10.1.